The van der Waals surface area contributed by atoms with Crippen molar-refractivity contribution in [3.8, 4) is 0 Å². The van der Waals surface area contributed by atoms with Gasteiger partial charge in [0.2, 0.25) is 0 Å². The number of hydrogen-bond donors (Lipinski definition) is 3. The Hall–Kier alpha value is -0.790. The van der Waals surface area contributed by atoms with Crippen LogP contribution in [0.3, 0.4) is 0 Å². The molecule has 0 fully saturated rings. The molecule has 0 heterocycles. The predicted molar refractivity (Wildman–Crippen MR) is 45.4 cm³/mol. The minimum absolute atomic E-state index is 0. The smallest absolute Gasteiger partial charge is 0.417 e. The molecule has 8 heteroatoms. The van der Waals surface area contributed by atoms with Crippen LogP contribution in [0.4, 0.5) is 9.59 Å². The Kier molecular flexibility index (Phi) is 5.80. The van der Waals surface area contributed by atoms with Crippen molar-refractivity contribution in [3.63, 3.8) is 0 Å². The quantitative estimate of drug-likeness (QED) is 0.562. The van der Waals surface area contributed by atoms with Crippen molar-refractivity contribution >= 4 is 47.7 Å². The number of aliphatic carboxylic acids is 1. The summed E-state index contributed by atoms with van der Waals surface area (Å²) in [6.45, 7) is 1.97. The van der Waals surface area contributed by atoms with Crippen molar-refractivity contribution in [1.82, 2.24) is 4.90 Å². The van der Waals surface area contributed by atoms with Gasteiger partial charge in [0, 0.05) is 29.6 Å². The summed E-state index contributed by atoms with van der Waals surface area (Å²) in [4.78, 5) is 31.1. The van der Waals surface area contributed by atoms with E-state index in [4.69, 9.17) is 15.3 Å². The first-order chi connectivity index (χ1) is 5.71. The largest absolute Gasteiger partial charge is 0.480 e. The Labute approximate surface area is 102 Å². The first kappa shape index (κ1) is 15.7. The number of carboxylic acid groups (broad SMARTS) is 3. The third kappa shape index (κ3) is 3.17. The summed E-state index contributed by atoms with van der Waals surface area (Å²) in [6, 6.07) is 0. The average Bonchev–Trinajstić information content (AvgIpc) is 1.82. The second-order valence-corrected chi connectivity index (χ2v) is 2.76. The van der Waals surface area contributed by atoms with Gasteiger partial charge in [0.05, 0.1) is 0 Å². The normalized spacial score (nSPS) is 9.86. The van der Waals surface area contributed by atoms with Crippen LogP contribution in [0.2, 0.25) is 0 Å². The van der Waals surface area contributed by atoms with Gasteiger partial charge in [-0.3, -0.25) is 0 Å². The molecule has 0 spiro atoms. The molecule has 0 atom stereocenters. The third-order valence-corrected chi connectivity index (χ3v) is 1.46. The number of rotatable bonds is 2. The summed E-state index contributed by atoms with van der Waals surface area (Å²) in [6.07, 6.45) is -3.64. The summed E-state index contributed by atoms with van der Waals surface area (Å²) in [5.74, 6) is -1.53. The molecule has 0 aromatic heterocycles. The van der Waals surface area contributed by atoms with Gasteiger partial charge in [0.25, 0.3) is 0 Å². The predicted octanol–water partition coefficient (Wildman–Crippen LogP) is 0.127. The molecule has 0 aliphatic heterocycles. The molecule has 0 saturated heterocycles. The summed E-state index contributed by atoms with van der Waals surface area (Å²) >= 11 is 0. The van der Waals surface area contributed by atoms with E-state index in [-0.39, 0.29) is 34.5 Å². The van der Waals surface area contributed by atoms with Gasteiger partial charge in [-0.25, -0.2) is 14.4 Å². The molecule has 1 radical (unpaired) electrons. The van der Waals surface area contributed by atoms with Crippen LogP contribution >= 0.6 is 0 Å². The second-order valence-electron chi connectivity index (χ2n) is 2.76. The molecular formula is C6H9NNaO6. The van der Waals surface area contributed by atoms with Crippen molar-refractivity contribution in [2.75, 3.05) is 0 Å². The number of nitrogens with zero attached hydrogens (tertiary/aromatic N) is 1. The summed E-state index contributed by atoms with van der Waals surface area (Å²) in [7, 11) is 0. The molecule has 0 saturated carbocycles. The van der Waals surface area contributed by atoms with E-state index in [0.29, 0.717) is 0 Å². The Balaban J connectivity index is 0. The Morgan fingerprint density at radius 2 is 1.29 bits per heavy atom. The molecular weight excluding hydrogens is 205 g/mol. The number of amides is 2. The zero-order valence-electron chi connectivity index (χ0n) is 8.01. The zero-order valence-corrected chi connectivity index (χ0v) is 10.0. The van der Waals surface area contributed by atoms with E-state index in [1.165, 1.54) is 0 Å². The molecule has 2 amide bonds. The van der Waals surface area contributed by atoms with Crippen LogP contribution in [0.25, 0.3) is 0 Å². The number of carbonyl (C=O) groups is 3. The SMILES string of the molecule is CC(C)(C(=O)O)N(C(=O)O)C(=O)O.[Na]. The van der Waals surface area contributed by atoms with Gasteiger partial charge < -0.3 is 15.3 Å². The summed E-state index contributed by atoms with van der Waals surface area (Å²) in [5.41, 5.74) is -1.99. The van der Waals surface area contributed by atoms with Crippen LogP contribution < -0.4 is 0 Å². The molecule has 0 rings (SSSR count). The van der Waals surface area contributed by atoms with Gasteiger partial charge >= 0.3 is 18.2 Å². The first-order valence-corrected chi connectivity index (χ1v) is 3.20. The minimum Gasteiger partial charge on any atom is -0.480 e. The molecule has 3 N–H and O–H groups in total. The van der Waals surface area contributed by atoms with Crippen LogP contribution in [-0.4, -0.2) is 73.5 Å². The van der Waals surface area contributed by atoms with Gasteiger partial charge in [-0.15, -0.1) is 0 Å². The van der Waals surface area contributed by atoms with Crippen molar-refractivity contribution < 1.29 is 29.7 Å². The monoisotopic (exact) mass is 214 g/mol. The Morgan fingerprint density at radius 3 is 1.36 bits per heavy atom. The number of imide groups is 1. The molecule has 0 aliphatic rings. The fourth-order valence-electron chi connectivity index (χ4n) is 0.656. The molecule has 75 valence electrons. The molecule has 7 nitrogen and oxygen atoms in total. The van der Waals surface area contributed by atoms with Crippen molar-refractivity contribution in [1.29, 1.82) is 0 Å². The topological polar surface area (TPSA) is 115 Å². The van der Waals surface area contributed by atoms with Gasteiger partial charge in [0.1, 0.15) is 5.54 Å². The molecule has 0 bridgehead atoms. The van der Waals surface area contributed by atoms with E-state index >= 15 is 0 Å². The van der Waals surface area contributed by atoms with E-state index < -0.39 is 23.7 Å². The second kappa shape index (κ2) is 5.18. The Morgan fingerprint density at radius 1 is 1.00 bits per heavy atom. The molecule has 14 heavy (non-hydrogen) atoms. The maximum atomic E-state index is 10.5. The molecule has 0 aliphatic carbocycles. The van der Waals surface area contributed by atoms with Crippen molar-refractivity contribution in [2.24, 2.45) is 0 Å². The zero-order chi connectivity index (χ0) is 10.8. The van der Waals surface area contributed by atoms with Crippen molar-refractivity contribution in [3.05, 3.63) is 0 Å². The van der Waals surface area contributed by atoms with E-state index in [0.717, 1.165) is 13.8 Å². The summed E-state index contributed by atoms with van der Waals surface area (Å²) in [5, 5.41) is 25.4. The van der Waals surface area contributed by atoms with Crippen LogP contribution in [-0.2, 0) is 4.79 Å². The fraction of sp³-hybridized carbons (Fsp3) is 0.500. The van der Waals surface area contributed by atoms with Gasteiger partial charge in [-0.2, -0.15) is 4.90 Å². The number of hydrogen-bond acceptors (Lipinski definition) is 3. The minimum atomic E-state index is -1.99. The standard InChI is InChI=1S/C6H9NO6.Na/c1-6(2,3(8)9)7(4(10)11)5(12)13;/h1-2H3,(H,8,9)(H,10,11)(H,12,13);. The van der Waals surface area contributed by atoms with Gasteiger partial charge in [-0.1, -0.05) is 0 Å². The van der Waals surface area contributed by atoms with Crippen molar-refractivity contribution in [2.45, 2.75) is 19.4 Å². The number of carboxylic acids is 1. The van der Waals surface area contributed by atoms with E-state index in [9.17, 15) is 14.4 Å². The van der Waals surface area contributed by atoms with Crippen LogP contribution in [0.5, 0.6) is 0 Å². The van der Waals surface area contributed by atoms with Crippen LogP contribution in [0.1, 0.15) is 13.8 Å². The van der Waals surface area contributed by atoms with Crippen LogP contribution in [0.15, 0.2) is 0 Å². The molecule has 0 unspecified atom stereocenters. The first-order valence-electron chi connectivity index (χ1n) is 3.20. The maximum Gasteiger partial charge on any atom is 0.417 e. The fourth-order valence-corrected chi connectivity index (χ4v) is 0.656. The third-order valence-electron chi connectivity index (χ3n) is 1.46. The van der Waals surface area contributed by atoms with Gasteiger partial charge in [0.15, 0.2) is 0 Å². The van der Waals surface area contributed by atoms with Crippen LogP contribution in [0, 0.1) is 0 Å². The molecule has 0 aromatic carbocycles. The van der Waals surface area contributed by atoms with E-state index in [1.54, 1.807) is 0 Å². The Bertz CT molecular complexity index is 249. The van der Waals surface area contributed by atoms with Gasteiger partial charge in [-0.05, 0) is 13.8 Å². The van der Waals surface area contributed by atoms with E-state index in [1.807, 2.05) is 0 Å². The molecule has 0 aromatic rings. The maximum absolute atomic E-state index is 10.5. The van der Waals surface area contributed by atoms with E-state index in [2.05, 4.69) is 0 Å². The summed E-state index contributed by atoms with van der Waals surface area (Å²) < 4.78 is 0. The average molecular weight is 214 g/mol.